The van der Waals surface area contributed by atoms with E-state index in [-0.39, 0.29) is 24.0 Å². The molecule has 0 aliphatic carbocycles. The highest BCUT2D eigenvalue weighted by molar-refractivity contribution is 5.74. The van der Waals surface area contributed by atoms with E-state index >= 15 is 0 Å². The van der Waals surface area contributed by atoms with Crippen LogP contribution in [0, 0.1) is 11.3 Å². The van der Waals surface area contributed by atoms with E-state index in [0.29, 0.717) is 32.8 Å². The number of nitrogens with one attached hydrogen (secondary N) is 1. The van der Waals surface area contributed by atoms with Crippen LogP contribution in [0.2, 0.25) is 0 Å². The number of morpholine rings is 1. The Morgan fingerprint density at radius 2 is 2.43 bits per heavy atom. The van der Waals surface area contributed by atoms with Crippen molar-refractivity contribution in [3.63, 3.8) is 0 Å². The zero-order chi connectivity index (χ0) is 16.1. The molecule has 1 aromatic heterocycles. The van der Waals surface area contributed by atoms with Crippen LogP contribution in [0.25, 0.3) is 0 Å². The Bertz CT molecular complexity index is 577. The van der Waals surface area contributed by atoms with Crippen molar-refractivity contribution in [2.75, 3.05) is 32.9 Å². The molecule has 2 amide bonds. The summed E-state index contributed by atoms with van der Waals surface area (Å²) in [6, 6.07) is 1.73. The lowest BCUT2D eigenvalue weighted by atomic mass is 10.1. The monoisotopic (exact) mass is 320 g/mol. The molecule has 2 atom stereocenters. The van der Waals surface area contributed by atoms with Gasteiger partial charge < -0.3 is 19.7 Å². The molecular weight excluding hydrogens is 300 g/mol. The average Bonchev–Trinajstić information content (AvgIpc) is 3.26. The average molecular weight is 320 g/mol. The maximum atomic E-state index is 12.4. The molecule has 2 aliphatic rings. The SMILES string of the molecule is N#Cc1ncn(CCNC(=O)N2CCOCC2C2CCCO2)n1. The zero-order valence-electron chi connectivity index (χ0n) is 12.8. The van der Waals surface area contributed by atoms with Crippen LogP contribution in [0.3, 0.4) is 0 Å². The molecule has 2 unspecified atom stereocenters. The number of aromatic nitrogens is 3. The van der Waals surface area contributed by atoms with Crippen LogP contribution in [-0.2, 0) is 16.0 Å². The van der Waals surface area contributed by atoms with Crippen molar-refractivity contribution in [1.29, 1.82) is 5.26 Å². The van der Waals surface area contributed by atoms with Crippen LogP contribution in [0.1, 0.15) is 18.7 Å². The molecule has 0 spiro atoms. The van der Waals surface area contributed by atoms with Crippen LogP contribution in [0.4, 0.5) is 4.79 Å². The van der Waals surface area contributed by atoms with E-state index in [9.17, 15) is 4.79 Å². The highest BCUT2D eigenvalue weighted by Crippen LogP contribution is 2.22. The normalized spacial score (nSPS) is 24.4. The highest BCUT2D eigenvalue weighted by atomic mass is 16.5. The number of ether oxygens (including phenoxy) is 2. The zero-order valence-corrected chi connectivity index (χ0v) is 12.8. The molecule has 1 aromatic rings. The van der Waals surface area contributed by atoms with E-state index in [1.807, 2.05) is 11.0 Å². The van der Waals surface area contributed by atoms with Gasteiger partial charge in [0, 0.05) is 19.7 Å². The van der Waals surface area contributed by atoms with Crippen LogP contribution in [0.15, 0.2) is 6.33 Å². The predicted molar refractivity (Wildman–Crippen MR) is 78.4 cm³/mol. The standard InChI is InChI=1S/C14H20N6O3/c15-8-13-17-10-19(18-13)4-3-16-14(21)20-5-7-22-9-11(20)12-2-1-6-23-12/h10-12H,1-7,9H2,(H,16,21). The molecule has 0 radical (unpaired) electrons. The van der Waals surface area contributed by atoms with Gasteiger partial charge in [0.05, 0.1) is 31.9 Å². The highest BCUT2D eigenvalue weighted by Gasteiger charge is 2.35. The van der Waals surface area contributed by atoms with Crippen molar-refractivity contribution >= 4 is 6.03 Å². The number of urea groups is 1. The van der Waals surface area contributed by atoms with E-state index in [0.717, 1.165) is 19.4 Å². The molecule has 124 valence electrons. The minimum atomic E-state index is -0.116. The van der Waals surface area contributed by atoms with Gasteiger partial charge in [-0.05, 0) is 12.8 Å². The number of nitrogens with zero attached hydrogens (tertiary/aromatic N) is 5. The van der Waals surface area contributed by atoms with E-state index in [1.54, 1.807) is 0 Å². The Morgan fingerprint density at radius 1 is 1.52 bits per heavy atom. The van der Waals surface area contributed by atoms with Gasteiger partial charge in [-0.25, -0.2) is 14.5 Å². The van der Waals surface area contributed by atoms with Crippen molar-refractivity contribution < 1.29 is 14.3 Å². The summed E-state index contributed by atoms with van der Waals surface area (Å²) in [5.41, 5.74) is 0. The first-order chi connectivity index (χ1) is 11.3. The summed E-state index contributed by atoms with van der Waals surface area (Å²) >= 11 is 0. The first kappa shape index (κ1) is 15.7. The number of hydrogen-bond donors (Lipinski definition) is 1. The molecule has 3 rings (SSSR count). The third-order valence-corrected chi connectivity index (χ3v) is 4.07. The fraction of sp³-hybridized carbons (Fsp3) is 0.714. The van der Waals surface area contributed by atoms with Crippen molar-refractivity contribution in [2.45, 2.75) is 31.5 Å². The van der Waals surface area contributed by atoms with E-state index in [1.165, 1.54) is 11.0 Å². The third kappa shape index (κ3) is 3.78. The van der Waals surface area contributed by atoms with Gasteiger partial charge in [-0.15, -0.1) is 5.10 Å². The number of nitriles is 1. The summed E-state index contributed by atoms with van der Waals surface area (Å²) in [5.74, 6) is 0.128. The summed E-state index contributed by atoms with van der Waals surface area (Å²) in [5, 5.41) is 15.5. The molecule has 0 saturated carbocycles. The molecule has 2 fully saturated rings. The smallest absolute Gasteiger partial charge is 0.317 e. The molecule has 3 heterocycles. The van der Waals surface area contributed by atoms with Gasteiger partial charge in [0.15, 0.2) is 0 Å². The first-order valence-corrected chi connectivity index (χ1v) is 7.81. The summed E-state index contributed by atoms with van der Waals surface area (Å²) in [7, 11) is 0. The van der Waals surface area contributed by atoms with Gasteiger partial charge in [0.2, 0.25) is 0 Å². The van der Waals surface area contributed by atoms with Crippen molar-refractivity contribution in [3.05, 3.63) is 12.2 Å². The van der Waals surface area contributed by atoms with Crippen LogP contribution >= 0.6 is 0 Å². The van der Waals surface area contributed by atoms with Gasteiger partial charge in [0.1, 0.15) is 12.4 Å². The van der Waals surface area contributed by atoms with E-state index in [4.69, 9.17) is 14.7 Å². The molecule has 23 heavy (non-hydrogen) atoms. The van der Waals surface area contributed by atoms with Gasteiger partial charge in [-0.2, -0.15) is 5.26 Å². The lowest BCUT2D eigenvalue weighted by Gasteiger charge is -2.38. The Labute approximate surface area is 134 Å². The van der Waals surface area contributed by atoms with E-state index in [2.05, 4.69) is 15.4 Å². The summed E-state index contributed by atoms with van der Waals surface area (Å²) in [4.78, 5) is 18.1. The molecule has 0 aromatic carbocycles. The Hall–Kier alpha value is -2.18. The van der Waals surface area contributed by atoms with Gasteiger partial charge in [-0.1, -0.05) is 0 Å². The number of carbonyl (C=O) groups excluding carboxylic acids is 1. The minimum Gasteiger partial charge on any atom is -0.377 e. The molecule has 9 nitrogen and oxygen atoms in total. The van der Waals surface area contributed by atoms with Crippen LogP contribution < -0.4 is 5.32 Å². The van der Waals surface area contributed by atoms with Gasteiger partial charge >= 0.3 is 6.03 Å². The summed E-state index contributed by atoms with van der Waals surface area (Å²) in [6.07, 6.45) is 3.54. The van der Waals surface area contributed by atoms with Gasteiger partial charge in [-0.3, -0.25) is 0 Å². The van der Waals surface area contributed by atoms with Crippen LogP contribution in [-0.4, -0.2) is 70.8 Å². The van der Waals surface area contributed by atoms with Crippen molar-refractivity contribution in [3.8, 4) is 6.07 Å². The molecule has 0 bridgehead atoms. The Balaban J connectivity index is 1.50. The molecule has 2 saturated heterocycles. The lowest BCUT2D eigenvalue weighted by molar-refractivity contribution is -0.0472. The fourth-order valence-electron chi connectivity index (χ4n) is 2.92. The predicted octanol–water partition coefficient (Wildman–Crippen LogP) is -0.261. The third-order valence-electron chi connectivity index (χ3n) is 4.07. The fourth-order valence-corrected chi connectivity index (χ4v) is 2.92. The number of amides is 2. The van der Waals surface area contributed by atoms with Gasteiger partial charge in [0.25, 0.3) is 5.82 Å². The number of hydrogen-bond acceptors (Lipinski definition) is 6. The van der Waals surface area contributed by atoms with Crippen molar-refractivity contribution in [1.82, 2.24) is 25.0 Å². The topological polar surface area (TPSA) is 105 Å². The Kier molecular flexibility index (Phi) is 5.05. The van der Waals surface area contributed by atoms with Crippen molar-refractivity contribution in [2.24, 2.45) is 0 Å². The quantitative estimate of drug-likeness (QED) is 0.819. The maximum absolute atomic E-state index is 12.4. The molecule has 2 aliphatic heterocycles. The lowest BCUT2D eigenvalue weighted by Crippen LogP contribution is -2.57. The maximum Gasteiger partial charge on any atom is 0.317 e. The molecule has 1 N–H and O–H groups in total. The molecular formula is C14H20N6O3. The summed E-state index contributed by atoms with van der Waals surface area (Å²) in [6.45, 7) is 3.28. The number of rotatable bonds is 4. The second-order valence-electron chi connectivity index (χ2n) is 5.56. The minimum absolute atomic E-state index is 0.0252. The second kappa shape index (κ2) is 7.39. The summed E-state index contributed by atoms with van der Waals surface area (Å²) < 4.78 is 12.8. The second-order valence-corrected chi connectivity index (χ2v) is 5.56. The van der Waals surface area contributed by atoms with Crippen LogP contribution in [0.5, 0.6) is 0 Å². The molecule has 9 heteroatoms. The number of carbonyl (C=O) groups is 1. The van der Waals surface area contributed by atoms with E-state index < -0.39 is 0 Å². The first-order valence-electron chi connectivity index (χ1n) is 7.81. The largest absolute Gasteiger partial charge is 0.377 e. The Morgan fingerprint density at radius 3 is 3.17 bits per heavy atom.